The molecular weight excluding hydrogens is 494 g/mol. The van der Waals surface area contributed by atoms with Gasteiger partial charge in [0.15, 0.2) is 11.4 Å². The summed E-state index contributed by atoms with van der Waals surface area (Å²) < 4.78 is 5.76. The van der Waals surface area contributed by atoms with Gasteiger partial charge >= 0.3 is 0 Å². The number of carbonyl (C=O) groups is 3. The quantitative estimate of drug-likeness (QED) is 0.173. The maximum atomic E-state index is 13.9. The Bertz CT molecular complexity index is 1500. The van der Waals surface area contributed by atoms with Crippen molar-refractivity contribution in [2.45, 2.75) is 31.4 Å². The molecule has 11 heteroatoms. The van der Waals surface area contributed by atoms with Crippen LogP contribution in [0.25, 0.3) is 11.3 Å². The Balaban J connectivity index is 1.70. The lowest BCUT2D eigenvalue weighted by Crippen LogP contribution is -2.63. The summed E-state index contributed by atoms with van der Waals surface area (Å²) in [5, 5.41) is 45.8. The van der Waals surface area contributed by atoms with E-state index >= 15 is 0 Å². The van der Waals surface area contributed by atoms with Gasteiger partial charge in [-0.15, -0.1) is 0 Å². The lowest BCUT2D eigenvalue weighted by Gasteiger charge is -2.50. The number of nitrogens with zero attached hydrogens (tertiary/aromatic N) is 2. The third-order valence-corrected chi connectivity index (χ3v) is 7.91. The van der Waals surface area contributed by atoms with Crippen LogP contribution in [0.1, 0.15) is 33.7 Å². The second-order valence-electron chi connectivity index (χ2n) is 10.2. The number of likely N-dealkylation sites (N-methyl/N-ethyl adjacent to an activating group) is 1. The van der Waals surface area contributed by atoms with Crippen molar-refractivity contribution in [3.05, 3.63) is 69.4 Å². The van der Waals surface area contributed by atoms with E-state index in [4.69, 9.17) is 15.4 Å². The molecule has 1 aromatic carbocycles. The number of primary amides is 1. The first-order chi connectivity index (χ1) is 17.9. The highest BCUT2D eigenvalue weighted by Gasteiger charge is 2.63. The standard InChI is InChI=1S/C27H27N3O8/c1-11-4-6-14(17-7-5-13(38-17)10-29-37)15-8-12-9-16-21(30(2)3)23(32)20(26(28)35)25(34)27(16,36)24(33)19(12)22(31)18(11)15/h4-7,10,12,16,21,32-33,36-37H,8-9H2,1-3H3,(H2,28,35)/b29-10+/t12-,16-,21-,27-/m0/s1. The molecule has 1 heterocycles. The van der Waals surface area contributed by atoms with E-state index < -0.39 is 58.0 Å². The van der Waals surface area contributed by atoms with Gasteiger partial charge < -0.3 is 30.7 Å². The fourth-order valence-corrected chi connectivity index (χ4v) is 6.30. The summed E-state index contributed by atoms with van der Waals surface area (Å²) >= 11 is 0. The highest BCUT2D eigenvalue weighted by molar-refractivity contribution is 6.24. The van der Waals surface area contributed by atoms with Crippen molar-refractivity contribution in [3.63, 3.8) is 0 Å². The van der Waals surface area contributed by atoms with Crippen molar-refractivity contribution in [2.24, 2.45) is 22.7 Å². The second-order valence-corrected chi connectivity index (χ2v) is 10.2. The van der Waals surface area contributed by atoms with Gasteiger partial charge in [0.25, 0.3) is 5.91 Å². The van der Waals surface area contributed by atoms with E-state index in [1.807, 2.05) is 6.07 Å². The molecule has 4 atom stereocenters. The van der Waals surface area contributed by atoms with Crippen LogP contribution in [0.15, 0.2) is 56.5 Å². The van der Waals surface area contributed by atoms with Crippen molar-refractivity contribution in [3.8, 4) is 11.3 Å². The number of carbonyl (C=O) groups excluding carboxylic acids is 3. The lowest BCUT2D eigenvalue weighted by atomic mass is 9.58. The van der Waals surface area contributed by atoms with E-state index in [0.29, 0.717) is 33.8 Å². The summed E-state index contributed by atoms with van der Waals surface area (Å²) in [5.74, 6) is -5.33. The topological polar surface area (TPSA) is 187 Å². The molecule has 0 bridgehead atoms. The van der Waals surface area contributed by atoms with Gasteiger partial charge in [0.2, 0.25) is 5.78 Å². The van der Waals surface area contributed by atoms with Crippen molar-refractivity contribution >= 4 is 23.7 Å². The number of aliphatic hydroxyl groups excluding tert-OH is 2. The Morgan fingerprint density at radius 1 is 1.21 bits per heavy atom. The first-order valence-electron chi connectivity index (χ1n) is 12.0. The van der Waals surface area contributed by atoms with Gasteiger partial charge in [-0.25, -0.2) is 0 Å². The number of ketones is 2. The molecule has 3 aliphatic carbocycles. The number of nitrogens with two attached hydrogens (primary N) is 1. The maximum absolute atomic E-state index is 13.9. The average Bonchev–Trinajstić information content (AvgIpc) is 3.29. The monoisotopic (exact) mass is 521 g/mol. The Labute approximate surface area is 217 Å². The number of oxime groups is 1. The van der Waals surface area contributed by atoms with E-state index in [1.165, 1.54) is 4.90 Å². The molecule has 1 amide bonds. The van der Waals surface area contributed by atoms with Crippen LogP contribution in [-0.4, -0.2) is 74.9 Å². The van der Waals surface area contributed by atoms with Gasteiger partial charge in [-0.05, 0) is 63.0 Å². The van der Waals surface area contributed by atoms with Gasteiger partial charge in [0.1, 0.15) is 34.8 Å². The number of rotatable bonds is 4. The molecule has 38 heavy (non-hydrogen) atoms. The summed E-state index contributed by atoms with van der Waals surface area (Å²) in [7, 11) is 3.19. The van der Waals surface area contributed by atoms with Crippen LogP contribution in [0.5, 0.6) is 0 Å². The molecule has 6 N–H and O–H groups in total. The van der Waals surface area contributed by atoms with E-state index in [1.54, 1.807) is 39.2 Å². The first kappa shape index (κ1) is 25.4. The van der Waals surface area contributed by atoms with Crippen LogP contribution in [-0.2, 0) is 16.0 Å². The van der Waals surface area contributed by atoms with Crippen LogP contribution in [0.2, 0.25) is 0 Å². The molecule has 2 aromatic rings. The minimum atomic E-state index is -2.62. The SMILES string of the molecule is Cc1ccc(-c2ccc(/C=N/O)o2)c2c1C(=O)C1=C(O)[C@]3(O)C(=O)C(C(N)=O)=C(O)[C@@H](N(C)C)[C@@H]3C[C@@H]1C2. The third kappa shape index (κ3) is 3.35. The molecule has 0 spiro atoms. The maximum Gasteiger partial charge on any atom is 0.255 e. The van der Waals surface area contributed by atoms with Crippen LogP contribution in [0, 0.1) is 18.8 Å². The first-order valence-corrected chi connectivity index (χ1v) is 12.0. The molecule has 11 nitrogen and oxygen atoms in total. The molecule has 0 saturated heterocycles. The van der Waals surface area contributed by atoms with Gasteiger partial charge in [-0.2, -0.15) is 0 Å². The van der Waals surface area contributed by atoms with Crippen LogP contribution >= 0.6 is 0 Å². The Morgan fingerprint density at radius 3 is 2.55 bits per heavy atom. The lowest BCUT2D eigenvalue weighted by molar-refractivity contribution is -0.148. The predicted octanol–water partition coefficient (Wildman–Crippen LogP) is 1.79. The zero-order valence-electron chi connectivity index (χ0n) is 20.9. The van der Waals surface area contributed by atoms with E-state index in [2.05, 4.69) is 5.16 Å². The van der Waals surface area contributed by atoms with Crippen LogP contribution in [0.4, 0.5) is 0 Å². The number of aryl methyl sites for hydroxylation is 1. The molecule has 0 unspecified atom stereocenters. The number of benzene rings is 1. The van der Waals surface area contributed by atoms with Crippen LogP contribution in [0.3, 0.4) is 0 Å². The molecule has 1 aromatic heterocycles. The Hall–Kier alpha value is -4.22. The molecule has 198 valence electrons. The molecule has 5 rings (SSSR count). The van der Waals surface area contributed by atoms with Crippen LogP contribution < -0.4 is 5.73 Å². The van der Waals surface area contributed by atoms with Gasteiger partial charge in [0.05, 0.1) is 6.04 Å². The Morgan fingerprint density at radius 2 is 1.92 bits per heavy atom. The molecular formula is C27H27N3O8. The highest BCUT2D eigenvalue weighted by Crippen LogP contribution is 2.52. The summed E-state index contributed by atoms with van der Waals surface area (Å²) in [6.45, 7) is 1.74. The molecule has 0 radical (unpaired) electrons. The molecule has 3 aliphatic rings. The highest BCUT2D eigenvalue weighted by atomic mass is 16.4. The van der Waals surface area contributed by atoms with Crippen molar-refractivity contribution < 1.29 is 39.3 Å². The fourth-order valence-electron chi connectivity index (χ4n) is 6.30. The minimum absolute atomic E-state index is 0.0553. The number of Topliss-reactive ketones (excluding diaryl/α,β-unsaturated/α-hetero) is 2. The average molecular weight is 522 g/mol. The number of amides is 1. The fraction of sp³-hybridized carbons (Fsp3) is 0.333. The molecule has 0 saturated carbocycles. The molecule has 0 fully saturated rings. The van der Waals surface area contributed by atoms with Crippen molar-refractivity contribution in [2.75, 3.05) is 14.1 Å². The molecule has 0 aliphatic heterocycles. The summed E-state index contributed by atoms with van der Waals surface area (Å²) in [6, 6.07) is 5.82. The number of fused-ring (bicyclic) bond motifs is 3. The summed E-state index contributed by atoms with van der Waals surface area (Å²) in [5.41, 5.74) is 4.11. The number of hydrogen-bond donors (Lipinski definition) is 5. The normalized spacial score (nSPS) is 27.1. The van der Waals surface area contributed by atoms with Crippen molar-refractivity contribution in [1.29, 1.82) is 0 Å². The van der Waals surface area contributed by atoms with E-state index in [9.17, 15) is 29.7 Å². The predicted molar refractivity (Wildman–Crippen MR) is 134 cm³/mol. The zero-order chi connectivity index (χ0) is 27.7. The summed E-state index contributed by atoms with van der Waals surface area (Å²) in [6.07, 6.45) is 1.47. The largest absolute Gasteiger partial charge is 0.510 e. The van der Waals surface area contributed by atoms with E-state index in [-0.39, 0.29) is 18.4 Å². The third-order valence-electron chi connectivity index (χ3n) is 7.91. The van der Waals surface area contributed by atoms with Gasteiger partial charge in [0, 0.05) is 22.6 Å². The number of furan rings is 1. The van der Waals surface area contributed by atoms with Gasteiger partial charge in [-0.1, -0.05) is 17.3 Å². The Kier molecular flexibility index (Phi) is 5.80. The zero-order valence-corrected chi connectivity index (χ0v) is 20.9. The van der Waals surface area contributed by atoms with E-state index in [0.717, 1.165) is 6.21 Å². The van der Waals surface area contributed by atoms with Gasteiger partial charge in [-0.3, -0.25) is 19.3 Å². The van der Waals surface area contributed by atoms with Crippen molar-refractivity contribution in [1.82, 2.24) is 4.90 Å². The second kappa shape index (κ2) is 8.67. The number of allylic oxidation sites excluding steroid dienone is 1. The smallest absolute Gasteiger partial charge is 0.255 e. The number of aliphatic hydroxyl groups is 3. The minimum Gasteiger partial charge on any atom is -0.510 e. The summed E-state index contributed by atoms with van der Waals surface area (Å²) in [4.78, 5) is 40.9. The number of hydrogen-bond acceptors (Lipinski definition) is 10.